The van der Waals surface area contributed by atoms with Gasteiger partial charge in [-0.05, 0) is 87.5 Å². The van der Waals surface area contributed by atoms with Crippen molar-refractivity contribution in [3.05, 3.63) is 59.1 Å². The molecule has 1 aromatic rings. The highest BCUT2D eigenvalue weighted by atomic mass is 32.1. The second kappa shape index (κ2) is 17.9. The van der Waals surface area contributed by atoms with Crippen molar-refractivity contribution in [3.8, 4) is 0 Å². The van der Waals surface area contributed by atoms with Crippen LogP contribution in [-0.4, -0.2) is 4.98 Å². The second-order valence-corrected chi connectivity index (χ2v) is 13.1. The molecule has 0 bridgehead atoms. The number of allylic oxidation sites excluding steroid dienone is 4. The van der Waals surface area contributed by atoms with E-state index in [-0.39, 0.29) is 5.41 Å². The lowest BCUT2D eigenvalue weighted by Gasteiger charge is -2.37. The molecule has 0 aliphatic rings. The summed E-state index contributed by atoms with van der Waals surface area (Å²) in [5.74, 6) is 3.49. The van der Waals surface area contributed by atoms with Gasteiger partial charge in [0.25, 0.3) is 0 Å². The fourth-order valence-corrected chi connectivity index (χ4v) is 5.51. The largest absolute Gasteiger partial charge is 0.242 e. The predicted molar refractivity (Wildman–Crippen MR) is 168 cm³/mol. The molecule has 0 radical (unpaired) electrons. The molecule has 1 nitrogen and oxygen atoms in total. The highest BCUT2D eigenvalue weighted by Crippen LogP contribution is 2.41. The van der Waals surface area contributed by atoms with Gasteiger partial charge in [-0.3, -0.25) is 0 Å². The molecule has 5 unspecified atom stereocenters. The van der Waals surface area contributed by atoms with Crippen LogP contribution in [0.15, 0.2) is 48.4 Å². The highest BCUT2D eigenvalue weighted by Gasteiger charge is 2.31. The Kier molecular flexibility index (Phi) is 17.2. The zero-order valence-electron chi connectivity index (χ0n) is 25.6. The van der Waals surface area contributed by atoms with Gasteiger partial charge >= 0.3 is 0 Å². The Morgan fingerprint density at radius 2 is 1.64 bits per heavy atom. The number of thiazole rings is 1. The number of nitrogens with zero attached hydrogens (tertiary/aromatic N) is 1. The number of rotatable bonds is 16. The van der Waals surface area contributed by atoms with Crippen LogP contribution in [0.4, 0.5) is 0 Å². The third kappa shape index (κ3) is 13.2. The predicted octanol–water partition coefficient (Wildman–Crippen LogP) is 11.7. The maximum Gasteiger partial charge on any atom is 0.0901 e. The van der Waals surface area contributed by atoms with Crippen molar-refractivity contribution in [2.45, 2.75) is 114 Å². The van der Waals surface area contributed by atoms with Crippen molar-refractivity contribution < 1.29 is 0 Å². The molecular weight excluding hydrogens is 454 g/mol. The lowest BCUT2D eigenvalue weighted by molar-refractivity contribution is 0.251. The van der Waals surface area contributed by atoms with Gasteiger partial charge in [-0.15, -0.1) is 24.5 Å². The standard InChI is InChI=1S/C31H53NS.C3H6/c1-12-14-27(7)31(10,11)28(8)26(6)19-22(2)15-13-16-24(4)25(5)18-17-23(3)20-30-21-33-29(9)32-30;1-3-2/h12,20-22,24-27H,1,8,13-19H2,2-7,9-11H3;3H,1H2,2H3/b23-20+;. The van der Waals surface area contributed by atoms with Gasteiger partial charge in [0.05, 0.1) is 10.7 Å². The Labute approximate surface area is 230 Å². The maximum atomic E-state index is 4.56. The fraction of sp³-hybridized carbons (Fsp3) is 0.676. The molecule has 0 N–H and O–H groups in total. The minimum atomic E-state index is 0.169. The number of aryl methyl sites for hydroxylation is 1. The summed E-state index contributed by atoms with van der Waals surface area (Å²) >= 11 is 1.73. The van der Waals surface area contributed by atoms with Crippen molar-refractivity contribution in [1.29, 1.82) is 0 Å². The van der Waals surface area contributed by atoms with Crippen LogP contribution in [0, 0.1) is 41.9 Å². The van der Waals surface area contributed by atoms with Crippen molar-refractivity contribution >= 4 is 17.4 Å². The minimum Gasteiger partial charge on any atom is -0.242 e. The van der Waals surface area contributed by atoms with Gasteiger partial charge in [0.2, 0.25) is 0 Å². The lowest BCUT2D eigenvalue weighted by atomic mass is 9.68. The molecule has 1 rings (SSSR count). The molecule has 1 heterocycles. The molecule has 1 aromatic heterocycles. The van der Waals surface area contributed by atoms with Gasteiger partial charge in [0, 0.05) is 5.38 Å². The van der Waals surface area contributed by atoms with Crippen molar-refractivity contribution in [2.24, 2.45) is 35.0 Å². The summed E-state index contributed by atoms with van der Waals surface area (Å²) in [6.45, 7) is 34.8. The molecule has 0 saturated carbocycles. The van der Waals surface area contributed by atoms with Crippen molar-refractivity contribution in [1.82, 2.24) is 4.98 Å². The fourth-order valence-electron chi connectivity index (χ4n) is 4.94. The molecular formula is C34H59NS. The summed E-state index contributed by atoms with van der Waals surface area (Å²) in [4.78, 5) is 4.56. The van der Waals surface area contributed by atoms with E-state index in [0.29, 0.717) is 11.8 Å². The molecule has 36 heavy (non-hydrogen) atoms. The van der Waals surface area contributed by atoms with E-state index in [4.69, 9.17) is 0 Å². The monoisotopic (exact) mass is 513 g/mol. The molecule has 0 spiro atoms. The van der Waals surface area contributed by atoms with E-state index in [1.807, 2.05) is 6.92 Å². The van der Waals surface area contributed by atoms with Crippen LogP contribution in [0.5, 0.6) is 0 Å². The van der Waals surface area contributed by atoms with Crippen LogP contribution < -0.4 is 0 Å². The van der Waals surface area contributed by atoms with Gasteiger partial charge in [-0.1, -0.05) is 97.6 Å². The summed E-state index contributed by atoms with van der Waals surface area (Å²) in [7, 11) is 0. The Bertz CT molecular complexity index is 796. The Morgan fingerprint density at radius 1 is 1.06 bits per heavy atom. The van der Waals surface area contributed by atoms with E-state index in [2.05, 4.69) is 105 Å². The van der Waals surface area contributed by atoms with E-state index in [1.165, 1.54) is 49.7 Å². The van der Waals surface area contributed by atoms with Crippen LogP contribution >= 0.6 is 11.3 Å². The summed E-state index contributed by atoms with van der Waals surface area (Å²) in [6, 6.07) is 0. The molecule has 206 valence electrons. The molecule has 0 amide bonds. The first kappa shape index (κ1) is 34.6. The Balaban J connectivity index is 0.00000387. The van der Waals surface area contributed by atoms with E-state index in [0.717, 1.165) is 34.9 Å². The van der Waals surface area contributed by atoms with Crippen LogP contribution in [0.3, 0.4) is 0 Å². The van der Waals surface area contributed by atoms with Crippen LogP contribution in [-0.2, 0) is 0 Å². The first-order valence-electron chi connectivity index (χ1n) is 14.3. The number of hydrogen-bond acceptors (Lipinski definition) is 2. The Hall–Kier alpha value is -1.41. The summed E-state index contributed by atoms with van der Waals surface area (Å²) in [6.07, 6.45) is 14.9. The third-order valence-corrected chi connectivity index (χ3v) is 9.08. The molecule has 0 aromatic carbocycles. The molecule has 0 aliphatic heterocycles. The quantitative estimate of drug-likeness (QED) is 0.200. The molecule has 2 heteroatoms. The highest BCUT2D eigenvalue weighted by molar-refractivity contribution is 7.09. The smallest absolute Gasteiger partial charge is 0.0901 e. The first-order valence-corrected chi connectivity index (χ1v) is 15.1. The van der Waals surface area contributed by atoms with E-state index in [9.17, 15) is 0 Å². The lowest BCUT2D eigenvalue weighted by Crippen LogP contribution is -2.27. The summed E-state index contributed by atoms with van der Waals surface area (Å²) in [5.41, 5.74) is 4.16. The van der Waals surface area contributed by atoms with Gasteiger partial charge in [0.1, 0.15) is 0 Å². The summed E-state index contributed by atoms with van der Waals surface area (Å²) in [5, 5.41) is 3.31. The maximum absolute atomic E-state index is 4.56. The van der Waals surface area contributed by atoms with Crippen LogP contribution in [0.2, 0.25) is 0 Å². The van der Waals surface area contributed by atoms with Crippen molar-refractivity contribution in [3.63, 3.8) is 0 Å². The average Bonchev–Trinajstić information content (AvgIpc) is 3.21. The average molecular weight is 514 g/mol. The second-order valence-electron chi connectivity index (χ2n) is 12.0. The number of aromatic nitrogens is 1. The van der Waals surface area contributed by atoms with E-state index in [1.54, 1.807) is 17.4 Å². The minimum absolute atomic E-state index is 0.169. The first-order chi connectivity index (χ1) is 16.8. The zero-order valence-corrected chi connectivity index (χ0v) is 26.4. The van der Waals surface area contributed by atoms with Crippen LogP contribution in [0.1, 0.15) is 118 Å². The van der Waals surface area contributed by atoms with Crippen molar-refractivity contribution in [2.75, 3.05) is 0 Å². The van der Waals surface area contributed by atoms with E-state index >= 15 is 0 Å². The van der Waals surface area contributed by atoms with Gasteiger partial charge in [0.15, 0.2) is 0 Å². The van der Waals surface area contributed by atoms with E-state index < -0.39 is 0 Å². The van der Waals surface area contributed by atoms with Gasteiger partial charge in [-0.25, -0.2) is 4.98 Å². The molecule has 0 saturated heterocycles. The van der Waals surface area contributed by atoms with Gasteiger partial charge < -0.3 is 0 Å². The third-order valence-electron chi connectivity index (χ3n) is 8.28. The topological polar surface area (TPSA) is 12.9 Å². The van der Waals surface area contributed by atoms with Crippen LogP contribution in [0.25, 0.3) is 6.08 Å². The SMILES string of the molecule is C=CC.C=CCC(C)C(C)(C)C(=C)C(C)CC(C)CCCC(C)C(C)CC/C(C)=C/c1csc(C)n1. The molecule has 0 aliphatic carbocycles. The van der Waals surface area contributed by atoms with Gasteiger partial charge in [-0.2, -0.15) is 0 Å². The molecule has 5 atom stereocenters. The Morgan fingerprint density at radius 3 is 2.17 bits per heavy atom. The molecule has 0 fully saturated rings. The number of hydrogen-bond donors (Lipinski definition) is 0. The zero-order chi connectivity index (χ0) is 27.9. The normalized spacial score (nSPS) is 16.2. The summed E-state index contributed by atoms with van der Waals surface area (Å²) < 4.78 is 0.